The first-order chi connectivity index (χ1) is 18.5. The molecule has 10 heteroatoms. The second-order valence-corrected chi connectivity index (χ2v) is 10.5. The number of aromatic nitrogens is 4. The van der Waals surface area contributed by atoms with Crippen molar-refractivity contribution in [3.63, 3.8) is 0 Å². The highest BCUT2D eigenvalue weighted by Crippen LogP contribution is 2.40. The van der Waals surface area contributed by atoms with Gasteiger partial charge in [-0.3, -0.25) is 4.90 Å². The van der Waals surface area contributed by atoms with Crippen LogP contribution in [0.15, 0.2) is 79.3 Å². The van der Waals surface area contributed by atoms with E-state index in [9.17, 15) is 4.79 Å². The number of hydrogen-bond donors (Lipinski definition) is 1. The van der Waals surface area contributed by atoms with Crippen LogP contribution in [0.5, 0.6) is 11.5 Å². The number of urea groups is 1. The van der Waals surface area contributed by atoms with Crippen LogP contribution in [-0.4, -0.2) is 62.0 Å². The van der Waals surface area contributed by atoms with Gasteiger partial charge < -0.3 is 15.0 Å². The van der Waals surface area contributed by atoms with Gasteiger partial charge >= 0.3 is 6.03 Å². The SMILES string of the molecule is O=C(Nc1ccc(-n2nccn2)nc1)N1CCCC2(CN(Cc3cccc(Oc4ccc(Cl)cc4)c3)C2)C1. The zero-order valence-corrected chi connectivity index (χ0v) is 21.6. The molecule has 6 rings (SSSR count). The first-order valence-corrected chi connectivity index (χ1v) is 13.0. The number of hydrogen-bond acceptors (Lipinski definition) is 6. The Morgan fingerprint density at radius 1 is 1.00 bits per heavy atom. The third-order valence-electron chi connectivity index (χ3n) is 7.04. The number of amides is 2. The van der Waals surface area contributed by atoms with Gasteiger partial charge in [-0.25, -0.2) is 9.78 Å². The van der Waals surface area contributed by atoms with Crippen molar-refractivity contribution >= 4 is 23.3 Å². The number of rotatable bonds is 6. The highest BCUT2D eigenvalue weighted by atomic mass is 35.5. The van der Waals surface area contributed by atoms with Crippen molar-refractivity contribution in [3.05, 3.63) is 89.8 Å². The Bertz CT molecular complexity index is 1390. The van der Waals surface area contributed by atoms with Gasteiger partial charge in [-0.15, -0.1) is 4.80 Å². The average molecular weight is 530 g/mol. The molecule has 9 nitrogen and oxygen atoms in total. The summed E-state index contributed by atoms with van der Waals surface area (Å²) in [4.78, 5) is 23.2. The molecule has 2 amide bonds. The van der Waals surface area contributed by atoms with E-state index in [-0.39, 0.29) is 11.4 Å². The molecule has 0 aliphatic carbocycles. The molecule has 4 aromatic rings. The lowest BCUT2D eigenvalue weighted by atomic mass is 9.73. The molecule has 0 bridgehead atoms. The summed E-state index contributed by atoms with van der Waals surface area (Å²) in [7, 11) is 0. The number of ether oxygens (including phenoxy) is 1. The number of carbonyl (C=O) groups excluding carboxylic acids is 1. The Kier molecular flexibility index (Phi) is 6.70. The third kappa shape index (κ3) is 5.49. The lowest BCUT2D eigenvalue weighted by Crippen LogP contribution is -2.63. The first-order valence-electron chi connectivity index (χ1n) is 12.7. The summed E-state index contributed by atoms with van der Waals surface area (Å²) in [6.07, 6.45) is 6.97. The molecule has 2 aliphatic rings. The van der Waals surface area contributed by atoms with Crippen molar-refractivity contribution in [1.82, 2.24) is 29.8 Å². The molecule has 0 unspecified atom stereocenters. The third-order valence-corrected chi connectivity index (χ3v) is 7.30. The Hall–Kier alpha value is -3.95. The number of piperidine rings is 1. The molecule has 2 saturated heterocycles. The van der Waals surface area contributed by atoms with E-state index < -0.39 is 0 Å². The van der Waals surface area contributed by atoms with Crippen molar-refractivity contribution in [2.45, 2.75) is 19.4 Å². The topological polar surface area (TPSA) is 88.4 Å². The van der Waals surface area contributed by atoms with Gasteiger partial charge in [0.1, 0.15) is 11.5 Å². The Morgan fingerprint density at radius 3 is 2.58 bits per heavy atom. The maximum atomic E-state index is 13.0. The number of likely N-dealkylation sites (tertiary alicyclic amines) is 2. The zero-order chi connectivity index (χ0) is 26.0. The molecule has 4 heterocycles. The monoisotopic (exact) mass is 529 g/mol. The van der Waals surface area contributed by atoms with Crippen LogP contribution in [0.1, 0.15) is 18.4 Å². The van der Waals surface area contributed by atoms with Crippen LogP contribution in [0.3, 0.4) is 0 Å². The minimum atomic E-state index is -0.0821. The van der Waals surface area contributed by atoms with Crippen LogP contribution in [0.25, 0.3) is 5.82 Å². The molecule has 2 aromatic carbocycles. The zero-order valence-electron chi connectivity index (χ0n) is 20.8. The summed E-state index contributed by atoms with van der Waals surface area (Å²) in [5.74, 6) is 2.17. The summed E-state index contributed by atoms with van der Waals surface area (Å²) in [5, 5.41) is 11.8. The molecule has 0 atom stereocenters. The first kappa shape index (κ1) is 24.4. The Morgan fingerprint density at radius 2 is 1.82 bits per heavy atom. The molecular formula is C28H28ClN7O2. The van der Waals surface area contributed by atoms with Gasteiger partial charge in [0.05, 0.1) is 24.3 Å². The van der Waals surface area contributed by atoms with E-state index in [1.54, 1.807) is 24.7 Å². The molecule has 194 valence electrons. The molecule has 1 spiro atoms. The van der Waals surface area contributed by atoms with Crippen LogP contribution >= 0.6 is 11.6 Å². The van der Waals surface area contributed by atoms with Crippen molar-refractivity contribution in [2.75, 3.05) is 31.5 Å². The summed E-state index contributed by atoms with van der Waals surface area (Å²) < 4.78 is 5.99. The van der Waals surface area contributed by atoms with Gasteiger partial charge in [0.25, 0.3) is 0 Å². The van der Waals surface area contributed by atoms with E-state index in [4.69, 9.17) is 16.3 Å². The van der Waals surface area contributed by atoms with E-state index in [1.165, 1.54) is 10.4 Å². The normalized spacial score (nSPS) is 16.7. The summed E-state index contributed by atoms with van der Waals surface area (Å²) in [6.45, 7) is 4.34. The van der Waals surface area contributed by atoms with Gasteiger partial charge in [0.2, 0.25) is 0 Å². The highest BCUT2D eigenvalue weighted by Gasteiger charge is 2.46. The molecule has 2 aromatic heterocycles. The second-order valence-electron chi connectivity index (χ2n) is 10.0. The van der Waals surface area contributed by atoms with Crippen molar-refractivity contribution in [1.29, 1.82) is 0 Å². The van der Waals surface area contributed by atoms with E-state index in [0.29, 0.717) is 16.5 Å². The van der Waals surface area contributed by atoms with Crippen molar-refractivity contribution < 1.29 is 9.53 Å². The lowest BCUT2D eigenvalue weighted by molar-refractivity contribution is -0.0475. The molecule has 1 N–H and O–H groups in total. The second kappa shape index (κ2) is 10.4. The molecular weight excluding hydrogens is 502 g/mol. The van der Waals surface area contributed by atoms with Crippen LogP contribution in [0.4, 0.5) is 10.5 Å². The van der Waals surface area contributed by atoms with E-state index in [1.807, 2.05) is 47.4 Å². The van der Waals surface area contributed by atoms with E-state index >= 15 is 0 Å². The fourth-order valence-electron chi connectivity index (χ4n) is 5.37. The predicted octanol–water partition coefficient (Wildman–Crippen LogP) is 5.24. The Labute approximate surface area is 226 Å². The highest BCUT2D eigenvalue weighted by molar-refractivity contribution is 6.30. The summed E-state index contributed by atoms with van der Waals surface area (Å²) in [6, 6.07) is 19.1. The van der Waals surface area contributed by atoms with Crippen LogP contribution in [0.2, 0.25) is 5.02 Å². The number of halogens is 1. The number of benzene rings is 2. The number of pyridine rings is 1. The van der Waals surface area contributed by atoms with Crippen LogP contribution in [0, 0.1) is 5.41 Å². The van der Waals surface area contributed by atoms with E-state index in [2.05, 4.69) is 37.5 Å². The molecule has 38 heavy (non-hydrogen) atoms. The van der Waals surface area contributed by atoms with Gasteiger partial charge in [0.15, 0.2) is 5.82 Å². The lowest BCUT2D eigenvalue weighted by Gasteiger charge is -2.54. The summed E-state index contributed by atoms with van der Waals surface area (Å²) in [5.41, 5.74) is 2.01. The minimum Gasteiger partial charge on any atom is -0.457 e. The van der Waals surface area contributed by atoms with Crippen LogP contribution < -0.4 is 10.1 Å². The van der Waals surface area contributed by atoms with Crippen molar-refractivity contribution in [2.24, 2.45) is 5.41 Å². The molecule has 2 aliphatic heterocycles. The van der Waals surface area contributed by atoms with Gasteiger partial charge in [-0.2, -0.15) is 10.2 Å². The minimum absolute atomic E-state index is 0.0821. The van der Waals surface area contributed by atoms with E-state index in [0.717, 1.165) is 57.1 Å². The predicted molar refractivity (Wildman–Crippen MR) is 145 cm³/mol. The molecule has 2 fully saturated rings. The number of anilines is 1. The number of nitrogens with one attached hydrogen (secondary N) is 1. The Balaban J connectivity index is 1.01. The smallest absolute Gasteiger partial charge is 0.321 e. The molecule has 0 radical (unpaired) electrons. The number of carbonyl (C=O) groups is 1. The maximum Gasteiger partial charge on any atom is 0.321 e. The maximum absolute atomic E-state index is 13.0. The number of nitrogens with zero attached hydrogens (tertiary/aromatic N) is 6. The van der Waals surface area contributed by atoms with Gasteiger partial charge in [-0.05, 0) is 66.9 Å². The fourth-order valence-corrected chi connectivity index (χ4v) is 5.50. The summed E-state index contributed by atoms with van der Waals surface area (Å²) >= 11 is 5.97. The van der Waals surface area contributed by atoms with Crippen LogP contribution in [-0.2, 0) is 6.54 Å². The van der Waals surface area contributed by atoms with Gasteiger partial charge in [-0.1, -0.05) is 23.7 Å². The average Bonchev–Trinajstić information content (AvgIpc) is 3.45. The fraction of sp³-hybridized carbons (Fsp3) is 0.286. The van der Waals surface area contributed by atoms with Gasteiger partial charge in [0, 0.05) is 43.2 Å². The standard InChI is InChI=1S/C28H28ClN7O2/c29-22-5-8-24(9-6-22)38-25-4-1-3-21(15-25)17-34-18-28(19-34)11-2-14-35(20-28)27(37)33-23-7-10-26(30-16-23)36-31-12-13-32-36/h1,3-10,12-13,15-16H,2,11,14,17-20H2,(H,33,37). The quantitative estimate of drug-likeness (QED) is 0.367. The van der Waals surface area contributed by atoms with Crippen molar-refractivity contribution in [3.8, 4) is 17.3 Å². The largest absolute Gasteiger partial charge is 0.457 e. The molecule has 0 saturated carbocycles.